The van der Waals surface area contributed by atoms with Gasteiger partial charge >= 0.3 is 0 Å². The highest BCUT2D eigenvalue weighted by atomic mass is 16.5. The normalized spacial score (nSPS) is 20.4. The lowest BCUT2D eigenvalue weighted by atomic mass is 9.85. The Morgan fingerprint density at radius 1 is 1.00 bits per heavy atom. The van der Waals surface area contributed by atoms with Crippen molar-refractivity contribution in [2.75, 3.05) is 13.7 Å². The van der Waals surface area contributed by atoms with Gasteiger partial charge in [0.2, 0.25) is 0 Å². The molecule has 0 saturated carbocycles. The minimum absolute atomic E-state index is 0.217. The Bertz CT molecular complexity index is 432. The second kappa shape index (κ2) is 10.8. The molecule has 2 unspecified atom stereocenters. The summed E-state index contributed by atoms with van der Waals surface area (Å²) in [5.41, 5.74) is 2.85. The van der Waals surface area contributed by atoms with E-state index in [0.717, 1.165) is 6.54 Å². The molecule has 0 aromatic heterocycles. The molecule has 1 aliphatic carbocycles. The second-order valence-electron chi connectivity index (χ2n) is 6.93. The fourth-order valence-corrected chi connectivity index (χ4v) is 3.77. The van der Waals surface area contributed by atoms with E-state index in [1.165, 1.54) is 75.3 Å². The molecule has 1 aromatic rings. The van der Waals surface area contributed by atoms with Crippen LogP contribution in [0.4, 0.5) is 0 Å². The lowest BCUT2D eigenvalue weighted by Crippen LogP contribution is -2.39. The number of aryl methyl sites for hydroxylation is 1. The molecule has 0 amide bonds. The quantitative estimate of drug-likeness (QED) is 0.550. The maximum absolute atomic E-state index is 5.80. The molecule has 0 radical (unpaired) electrons. The van der Waals surface area contributed by atoms with E-state index in [4.69, 9.17) is 4.74 Å². The fourth-order valence-electron chi connectivity index (χ4n) is 3.77. The summed E-state index contributed by atoms with van der Waals surface area (Å²) in [4.78, 5) is 0. The van der Waals surface area contributed by atoms with Gasteiger partial charge in [-0.2, -0.15) is 0 Å². The average molecular weight is 318 g/mol. The Labute approximate surface area is 143 Å². The van der Waals surface area contributed by atoms with E-state index in [2.05, 4.69) is 36.5 Å². The van der Waals surface area contributed by atoms with Crippen molar-refractivity contribution in [3.05, 3.63) is 35.4 Å². The van der Waals surface area contributed by atoms with Crippen molar-refractivity contribution in [3.63, 3.8) is 0 Å². The van der Waals surface area contributed by atoms with Crippen LogP contribution in [0.3, 0.4) is 0 Å². The van der Waals surface area contributed by atoms with Gasteiger partial charge in [-0.1, -0.05) is 76.1 Å². The molecule has 130 valence electrons. The summed E-state index contributed by atoms with van der Waals surface area (Å²) in [7, 11) is 1.84. The van der Waals surface area contributed by atoms with Gasteiger partial charge in [-0.3, -0.25) is 0 Å². The van der Waals surface area contributed by atoms with Crippen LogP contribution < -0.4 is 5.32 Å². The van der Waals surface area contributed by atoms with Gasteiger partial charge in [-0.15, -0.1) is 0 Å². The third-order valence-electron chi connectivity index (χ3n) is 5.14. The molecule has 1 N–H and O–H groups in total. The molecule has 0 saturated heterocycles. The van der Waals surface area contributed by atoms with Crippen molar-refractivity contribution in [2.45, 2.75) is 83.3 Å². The number of unbranched alkanes of at least 4 members (excludes halogenated alkanes) is 7. The molecule has 0 spiro atoms. The molecule has 23 heavy (non-hydrogen) atoms. The first-order chi connectivity index (χ1) is 11.4. The fraction of sp³-hybridized carbons (Fsp3) is 0.714. The second-order valence-corrected chi connectivity index (χ2v) is 6.93. The first-order valence-corrected chi connectivity index (χ1v) is 9.70. The number of benzene rings is 1. The van der Waals surface area contributed by atoms with E-state index >= 15 is 0 Å². The standard InChI is InChI=1S/C21H35NO/c1-3-4-5-6-7-8-9-12-17-22-20-16-15-18-13-10-11-14-19(18)21(20)23-2/h10-11,13-14,20-22H,3-9,12,15-17H2,1-2H3. The van der Waals surface area contributed by atoms with E-state index in [0.29, 0.717) is 6.04 Å². The molecule has 1 aliphatic rings. The van der Waals surface area contributed by atoms with Crippen LogP contribution in [-0.2, 0) is 11.2 Å². The number of rotatable bonds is 11. The molecule has 2 nitrogen and oxygen atoms in total. The van der Waals surface area contributed by atoms with E-state index in [9.17, 15) is 0 Å². The van der Waals surface area contributed by atoms with Gasteiger partial charge in [0.15, 0.2) is 0 Å². The summed E-state index contributed by atoms with van der Waals surface area (Å²) in [6.07, 6.45) is 13.6. The summed E-state index contributed by atoms with van der Waals surface area (Å²) in [5.74, 6) is 0. The molecule has 2 rings (SSSR count). The van der Waals surface area contributed by atoms with Crippen LogP contribution in [0.15, 0.2) is 24.3 Å². The minimum atomic E-state index is 0.217. The number of hydrogen-bond acceptors (Lipinski definition) is 2. The molecule has 0 heterocycles. The molecule has 1 aromatic carbocycles. The summed E-state index contributed by atoms with van der Waals surface area (Å²) in [6, 6.07) is 9.22. The van der Waals surface area contributed by atoms with Gasteiger partial charge in [0.05, 0.1) is 6.10 Å². The third-order valence-corrected chi connectivity index (χ3v) is 5.14. The van der Waals surface area contributed by atoms with Gasteiger partial charge in [0.1, 0.15) is 0 Å². The largest absolute Gasteiger partial charge is 0.375 e. The SMILES string of the molecule is CCCCCCCCCCNC1CCc2ccccc2C1OC. The lowest BCUT2D eigenvalue weighted by molar-refractivity contribution is 0.0584. The van der Waals surface area contributed by atoms with Gasteiger partial charge in [0.25, 0.3) is 0 Å². The van der Waals surface area contributed by atoms with Crippen molar-refractivity contribution >= 4 is 0 Å². The predicted octanol–water partition coefficient (Wildman–Crippen LogP) is 5.42. The first-order valence-electron chi connectivity index (χ1n) is 9.70. The van der Waals surface area contributed by atoms with Crippen molar-refractivity contribution in [3.8, 4) is 0 Å². The summed E-state index contributed by atoms with van der Waals surface area (Å²) in [5, 5.41) is 3.75. The molecular formula is C21H35NO. The van der Waals surface area contributed by atoms with Gasteiger partial charge < -0.3 is 10.1 Å². The minimum Gasteiger partial charge on any atom is -0.375 e. The van der Waals surface area contributed by atoms with Crippen molar-refractivity contribution in [2.24, 2.45) is 0 Å². The Kier molecular flexibility index (Phi) is 8.70. The maximum Gasteiger partial charge on any atom is 0.0976 e. The Morgan fingerprint density at radius 3 is 2.43 bits per heavy atom. The summed E-state index contributed by atoms with van der Waals surface area (Å²) < 4.78 is 5.80. The number of nitrogens with one attached hydrogen (secondary N) is 1. The van der Waals surface area contributed by atoms with Crippen LogP contribution >= 0.6 is 0 Å². The molecule has 0 aliphatic heterocycles. The van der Waals surface area contributed by atoms with E-state index < -0.39 is 0 Å². The number of fused-ring (bicyclic) bond motifs is 1. The molecule has 0 bridgehead atoms. The smallest absolute Gasteiger partial charge is 0.0976 e. The van der Waals surface area contributed by atoms with Crippen LogP contribution in [0.2, 0.25) is 0 Å². The maximum atomic E-state index is 5.80. The number of hydrogen-bond donors (Lipinski definition) is 1. The lowest BCUT2D eigenvalue weighted by Gasteiger charge is -2.33. The molecular weight excluding hydrogens is 282 g/mol. The summed E-state index contributed by atoms with van der Waals surface area (Å²) in [6.45, 7) is 3.41. The number of ether oxygens (including phenoxy) is 1. The monoisotopic (exact) mass is 317 g/mol. The van der Waals surface area contributed by atoms with Gasteiger partial charge in [-0.05, 0) is 36.9 Å². The summed E-state index contributed by atoms with van der Waals surface area (Å²) >= 11 is 0. The predicted molar refractivity (Wildman–Crippen MR) is 98.9 cm³/mol. The van der Waals surface area contributed by atoms with E-state index in [-0.39, 0.29) is 6.10 Å². The van der Waals surface area contributed by atoms with Crippen LogP contribution in [0.5, 0.6) is 0 Å². The van der Waals surface area contributed by atoms with Gasteiger partial charge in [0, 0.05) is 13.2 Å². The van der Waals surface area contributed by atoms with Crippen LogP contribution in [-0.4, -0.2) is 19.7 Å². The van der Waals surface area contributed by atoms with Crippen LogP contribution in [0, 0.1) is 0 Å². The highest BCUT2D eigenvalue weighted by molar-refractivity contribution is 5.32. The van der Waals surface area contributed by atoms with Crippen LogP contribution in [0.25, 0.3) is 0 Å². The molecule has 0 fully saturated rings. The zero-order valence-electron chi connectivity index (χ0n) is 15.2. The zero-order chi connectivity index (χ0) is 16.3. The van der Waals surface area contributed by atoms with Gasteiger partial charge in [-0.25, -0.2) is 0 Å². The Morgan fingerprint density at radius 2 is 1.70 bits per heavy atom. The molecule has 2 atom stereocenters. The van der Waals surface area contributed by atoms with Crippen molar-refractivity contribution in [1.82, 2.24) is 5.32 Å². The first kappa shape index (κ1) is 18.5. The number of methoxy groups -OCH3 is 1. The Hall–Kier alpha value is -0.860. The third kappa shape index (κ3) is 5.93. The van der Waals surface area contributed by atoms with E-state index in [1.54, 1.807) is 0 Å². The zero-order valence-corrected chi connectivity index (χ0v) is 15.2. The topological polar surface area (TPSA) is 21.3 Å². The van der Waals surface area contributed by atoms with Crippen molar-refractivity contribution < 1.29 is 4.74 Å². The van der Waals surface area contributed by atoms with Crippen molar-refractivity contribution in [1.29, 1.82) is 0 Å². The average Bonchev–Trinajstić information content (AvgIpc) is 2.60. The van der Waals surface area contributed by atoms with E-state index in [1.807, 2.05) is 7.11 Å². The Balaban J connectivity index is 1.62. The highest BCUT2D eigenvalue weighted by Crippen LogP contribution is 2.32. The van der Waals surface area contributed by atoms with Crippen LogP contribution in [0.1, 0.15) is 81.9 Å². The highest BCUT2D eigenvalue weighted by Gasteiger charge is 2.28. The molecule has 2 heteroatoms.